The minimum atomic E-state index is -1.55. The van der Waals surface area contributed by atoms with Crippen molar-refractivity contribution in [2.75, 3.05) is 26.2 Å². The van der Waals surface area contributed by atoms with E-state index in [1.807, 2.05) is 6.92 Å². The van der Waals surface area contributed by atoms with Gasteiger partial charge in [0.1, 0.15) is 0 Å². The summed E-state index contributed by atoms with van der Waals surface area (Å²) in [6, 6.07) is 0.226. The fourth-order valence-electron chi connectivity index (χ4n) is 3.01. The van der Waals surface area contributed by atoms with Gasteiger partial charge in [0.25, 0.3) is 0 Å². The van der Waals surface area contributed by atoms with E-state index in [-0.39, 0.29) is 18.6 Å². The Kier molecular flexibility index (Phi) is 4.82. The number of hydrogen-bond donors (Lipinski definition) is 3. The second-order valence-electron chi connectivity index (χ2n) is 5.69. The number of aliphatic hydroxyl groups excluding tert-OH is 1. The second-order valence-corrected chi connectivity index (χ2v) is 5.69. The zero-order valence-corrected chi connectivity index (χ0v) is 11.8. The molecule has 2 saturated heterocycles. The van der Waals surface area contributed by atoms with Gasteiger partial charge in [-0.1, -0.05) is 6.42 Å². The third-order valence-corrected chi connectivity index (χ3v) is 4.18. The number of nitrogens with one attached hydrogen (secondary N) is 1. The van der Waals surface area contributed by atoms with Crippen LogP contribution >= 0.6 is 0 Å². The molecule has 0 radical (unpaired) electrons. The summed E-state index contributed by atoms with van der Waals surface area (Å²) in [7, 11) is 0. The minimum absolute atomic E-state index is 0.103. The Labute approximate surface area is 118 Å². The van der Waals surface area contributed by atoms with Gasteiger partial charge >= 0.3 is 12.0 Å². The average molecular weight is 285 g/mol. The molecule has 2 heterocycles. The van der Waals surface area contributed by atoms with E-state index in [1.54, 1.807) is 4.90 Å². The number of amides is 2. The van der Waals surface area contributed by atoms with E-state index < -0.39 is 12.1 Å². The van der Waals surface area contributed by atoms with E-state index in [0.717, 1.165) is 19.5 Å². The topological polar surface area (TPSA) is 93.1 Å². The SMILES string of the molecule is CC1CN2CCCCC2CN1C(=O)NC[C@H](O)C(=O)O. The Balaban J connectivity index is 1.87. The average Bonchev–Trinajstić information content (AvgIpc) is 2.43. The molecule has 7 nitrogen and oxygen atoms in total. The zero-order valence-electron chi connectivity index (χ0n) is 11.8. The molecule has 2 aliphatic heterocycles. The lowest BCUT2D eigenvalue weighted by molar-refractivity contribution is -0.146. The molecule has 0 spiro atoms. The summed E-state index contributed by atoms with van der Waals surface area (Å²) < 4.78 is 0. The molecule has 2 amide bonds. The van der Waals surface area contributed by atoms with Gasteiger partial charge in [-0.2, -0.15) is 0 Å². The standard InChI is InChI=1S/C13H23N3O4/c1-9-7-15-5-3-2-4-10(15)8-16(9)13(20)14-6-11(17)12(18)19/h9-11,17H,2-8H2,1H3,(H,14,20)(H,18,19)/t9?,10?,11-/m0/s1. The van der Waals surface area contributed by atoms with Crippen LogP contribution in [0.3, 0.4) is 0 Å². The third-order valence-electron chi connectivity index (χ3n) is 4.18. The van der Waals surface area contributed by atoms with Gasteiger partial charge in [0.05, 0.1) is 6.54 Å². The van der Waals surface area contributed by atoms with Crippen LogP contribution in [0.2, 0.25) is 0 Å². The predicted octanol–water partition coefficient (Wildman–Crippen LogP) is -0.300. The summed E-state index contributed by atoms with van der Waals surface area (Å²) in [4.78, 5) is 26.8. The zero-order chi connectivity index (χ0) is 14.7. The van der Waals surface area contributed by atoms with Gasteiger partial charge in [-0.05, 0) is 26.3 Å². The van der Waals surface area contributed by atoms with Gasteiger partial charge in [-0.15, -0.1) is 0 Å². The fourth-order valence-corrected chi connectivity index (χ4v) is 3.01. The first-order valence-corrected chi connectivity index (χ1v) is 7.18. The molecular formula is C13H23N3O4. The van der Waals surface area contributed by atoms with Crippen LogP contribution in [0.4, 0.5) is 4.79 Å². The molecule has 0 aromatic rings. The van der Waals surface area contributed by atoms with Crippen molar-refractivity contribution in [1.29, 1.82) is 0 Å². The molecule has 7 heteroatoms. The largest absolute Gasteiger partial charge is 0.479 e. The maximum absolute atomic E-state index is 12.1. The number of carboxylic acid groups (broad SMARTS) is 1. The highest BCUT2D eigenvalue weighted by atomic mass is 16.4. The van der Waals surface area contributed by atoms with Gasteiger partial charge in [0, 0.05) is 25.2 Å². The van der Waals surface area contributed by atoms with E-state index in [0.29, 0.717) is 12.6 Å². The first-order valence-electron chi connectivity index (χ1n) is 7.18. The van der Waals surface area contributed by atoms with Crippen LogP contribution in [0.25, 0.3) is 0 Å². The maximum atomic E-state index is 12.1. The van der Waals surface area contributed by atoms with Crippen LogP contribution in [-0.2, 0) is 4.79 Å². The molecule has 0 bridgehead atoms. The summed E-state index contributed by atoms with van der Waals surface area (Å²) in [5.74, 6) is -1.32. The number of piperazine rings is 1. The highest BCUT2D eigenvalue weighted by Gasteiger charge is 2.35. The van der Waals surface area contributed by atoms with Crippen molar-refractivity contribution in [2.24, 2.45) is 0 Å². The summed E-state index contributed by atoms with van der Waals surface area (Å²) in [6.07, 6.45) is 1.97. The van der Waals surface area contributed by atoms with Crippen LogP contribution in [0.5, 0.6) is 0 Å². The molecule has 0 aromatic heterocycles. The molecule has 2 fully saturated rings. The van der Waals surface area contributed by atoms with Crippen molar-refractivity contribution in [2.45, 2.75) is 44.4 Å². The van der Waals surface area contributed by atoms with Gasteiger partial charge in [-0.25, -0.2) is 9.59 Å². The molecule has 3 atom stereocenters. The van der Waals surface area contributed by atoms with Gasteiger partial charge in [0.2, 0.25) is 0 Å². The van der Waals surface area contributed by atoms with Crippen molar-refractivity contribution >= 4 is 12.0 Å². The minimum Gasteiger partial charge on any atom is -0.479 e. The van der Waals surface area contributed by atoms with Crippen molar-refractivity contribution in [3.63, 3.8) is 0 Å². The predicted molar refractivity (Wildman–Crippen MR) is 72.4 cm³/mol. The van der Waals surface area contributed by atoms with E-state index >= 15 is 0 Å². The highest BCUT2D eigenvalue weighted by molar-refractivity contribution is 5.77. The molecule has 114 valence electrons. The molecule has 2 aliphatic rings. The smallest absolute Gasteiger partial charge is 0.334 e. The van der Waals surface area contributed by atoms with Crippen molar-refractivity contribution in [3.05, 3.63) is 0 Å². The molecule has 0 saturated carbocycles. The molecule has 0 aliphatic carbocycles. The lowest BCUT2D eigenvalue weighted by Crippen LogP contribution is -2.62. The van der Waals surface area contributed by atoms with Crippen LogP contribution < -0.4 is 5.32 Å². The quantitative estimate of drug-likeness (QED) is 0.662. The number of aliphatic hydroxyl groups is 1. The first-order chi connectivity index (χ1) is 9.49. The Bertz CT molecular complexity index is 377. The van der Waals surface area contributed by atoms with Crippen LogP contribution in [-0.4, -0.2) is 76.4 Å². The lowest BCUT2D eigenvalue weighted by atomic mass is 9.97. The molecule has 20 heavy (non-hydrogen) atoms. The molecule has 0 aromatic carbocycles. The van der Waals surface area contributed by atoms with Crippen LogP contribution in [0.15, 0.2) is 0 Å². The van der Waals surface area contributed by atoms with E-state index in [9.17, 15) is 14.7 Å². The maximum Gasteiger partial charge on any atom is 0.334 e. The Hall–Kier alpha value is -1.34. The first kappa shape index (κ1) is 15.1. The summed E-state index contributed by atoms with van der Waals surface area (Å²) in [5, 5.41) is 20.3. The van der Waals surface area contributed by atoms with E-state index in [4.69, 9.17) is 5.11 Å². The number of aliphatic carboxylic acids is 1. The fraction of sp³-hybridized carbons (Fsp3) is 0.846. The van der Waals surface area contributed by atoms with E-state index in [2.05, 4.69) is 10.2 Å². The summed E-state index contributed by atoms with van der Waals surface area (Å²) >= 11 is 0. The van der Waals surface area contributed by atoms with Crippen LogP contribution in [0.1, 0.15) is 26.2 Å². The Morgan fingerprint density at radius 3 is 2.80 bits per heavy atom. The van der Waals surface area contributed by atoms with Crippen molar-refractivity contribution in [1.82, 2.24) is 15.1 Å². The monoisotopic (exact) mass is 285 g/mol. The normalized spacial score (nSPS) is 28.6. The lowest BCUT2D eigenvalue weighted by Gasteiger charge is -2.47. The Morgan fingerprint density at radius 2 is 2.10 bits per heavy atom. The number of urea groups is 1. The molecule has 3 N–H and O–H groups in total. The number of carboxylic acids is 1. The third kappa shape index (κ3) is 3.40. The molecule has 2 unspecified atom stereocenters. The summed E-state index contributed by atoms with van der Waals surface area (Å²) in [5.41, 5.74) is 0. The second kappa shape index (κ2) is 6.41. The number of carbonyl (C=O) groups excluding carboxylic acids is 1. The van der Waals surface area contributed by atoms with Crippen molar-refractivity contribution < 1.29 is 19.8 Å². The van der Waals surface area contributed by atoms with E-state index in [1.165, 1.54) is 12.8 Å². The van der Waals surface area contributed by atoms with Crippen LogP contribution in [0, 0.1) is 0 Å². The van der Waals surface area contributed by atoms with Gasteiger partial charge < -0.3 is 20.4 Å². The molecule has 2 rings (SSSR count). The molecular weight excluding hydrogens is 262 g/mol. The van der Waals surface area contributed by atoms with Gasteiger partial charge in [0.15, 0.2) is 6.10 Å². The number of piperidine rings is 1. The highest BCUT2D eigenvalue weighted by Crippen LogP contribution is 2.23. The number of rotatable bonds is 3. The summed E-state index contributed by atoms with van der Waals surface area (Å²) in [6.45, 7) is 4.38. The number of fused-ring (bicyclic) bond motifs is 1. The number of hydrogen-bond acceptors (Lipinski definition) is 4. The Morgan fingerprint density at radius 1 is 1.35 bits per heavy atom. The van der Waals surface area contributed by atoms with Gasteiger partial charge in [-0.3, -0.25) is 4.90 Å². The number of nitrogens with zero attached hydrogens (tertiary/aromatic N) is 2. The number of carbonyl (C=O) groups is 2. The van der Waals surface area contributed by atoms with Crippen molar-refractivity contribution in [3.8, 4) is 0 Å².